The third kappa shape index (κ3) is 1.28. The zero-order chi connectivity index (χ0) is 11.3. The Morgan fingerprint density at radius 1 is 1.44 bits per heavy atom. The molecule has 0 spiro atoms. The molecule has 0 amide bonds. The highest BCUT2D eigenvalue weighted by atomic mass is 79.9. The average molecular weight is 344 g/mol. The molecule has 0 saturated heterocycles. The number of halogens is 2. The van der Waals surface area contributed by atoms with E-state index in [2.05, 4.69) is 43.0 Å². The summed E-state index contributed by atoms with van der Waals surface area (Å²) in [4.78, 5) is 0. The summed E-state index contributed by atoms with van der Waals surface area (Å²) in [6, 6.07) is 4.03. The van der Waals surface area contributed by atoms with Gasteiger partial charge in [-0.05, 0) is 28.1 Å². The van der Waals surface area contributed by atoms with E-state index in [9.17, 15) is 0 Å². The molecule has 0 aliphatic carbocycles. The van der Waals surface area contributed by atoms with E-state index < -0.39 is 0 Å². The van der Waals surface area contributed by atoms with Crippen LogP contribution in [0.2, 0.25) is 0 Å². The molecule has 2 aromatic heterocycles. The van der Waals surface area contributed by atoms with Crippen LogP contribution in [0.4, 0.5) is 0 Å². The average Bonchev–Trinajstić information content (AvgIpc) is 2.83. The van der Waals surface area contributed by atoms with Gasteiger partial charge in [0.25, 0.3) is 0 Å². The standard InChI is InChI=1S/C11H8Br2N2O/c1-15-10-6-2-3-16-11(6)8(13)4-7(10)9(5-12)14-15/h2-4H,5H2,1H3. The number of nitrogens with zero attached hydrogens (tertiary/aromatic N) is 2. The van der Waals surface area contributed by atoms with Crippen LogP contribution in [0, 0.1) is 0 Å². The Morgan fingerprint density at radius 3 is 3.00 bits per heavy atom. The van der Waals surface area contributed by atoms with Crippen LogP contribution in [0.3, 0.4) is 0 Å². The van der Waals surface area contributed by atoms with Crippen molar-refractivity contribution in [1.82, 2.24) is 9.78 Å². The first-order valence-electron chi connectivity index (χ1n) is 4.79. The van der Waals surface area contributed by atoms with Gasteiger partial charge in [0.05, 0.1) is 21.9 Å². The van der Waals surface area contributed by atoms with Crippen molar-refractivity contribution in [2.75, 3.05) is 0 Å². The second-order valence-corrected chi connectivity index (χ2v) is 5.04. The van der Waals surface area contributed by atoms with Gasteiger partial charge in [0.1, 0.15) is 5.58 Å². The third-order valence-electron chi connectivity index (χ3n) is 2.70. The van der Waals surface area contributed by atoms with Gasteiger partial charge in [-0.25, -0.2) is 0 Å². The smallest absolute Gasteiger partial charge is 0.150 e. The molecule has 82 valence electrons. The first-order chi connectivity index (χ1) is 7.72. The minimum atomic E-state index is 0.750. The van der Waals surface area contributed by atoms with E-state index >= 15 is 0 Å². The molecule has 0 aliphatic heterocycles. The monoisotopic (exact) mass is 342 g/mol. The molecular weight excluding hydrogens is 336 g/mol. The Hall–Kier alpha value is -0.810. The maximum atomic E-state index is 5.45. The number of alkyl halides is 1. The maximum absolute atomic E-state index is 5.45. The lowest BCUT2D eigenvalue weighted by atomic mass is 10.1. The summed E-state index contributed by atoms with van der Waals surface area (Å²) in [5.41, 5.74) is 3.03. The van der Waals surface area contributed by atoms with Crippen LogP contribution in [0.1, 0.15) is 5.69 Å². The van der Waals surface area contributed by atoms with Crippen LogP contribution >= 0.6 is 31.9 Å². The minimum absolute atomic E-state index is 0.750. The Bertz CT molecular complexity index is 684. The number of hydrogen-bond donors (Lipinski definition) is 0. The molecule has 0 fully saturated rings. The molecular formula is C11H8Br2N2O. The summed E-state index contributed by atoms with van der Waals surface area (Å²) in [6.07, 6.45) is 1.70. The lowest BCUT2D eigenvalue weighted by Crippen LogP contribution is -1.90. The molecule has 3 aromatic rings. The van der Waals surface area contributed by atoms with E-state index in [4.69, 9.17) is 4.42 Å². The van der Waals surface area contributed by atoms with Crippen LogP contribution in [-0.4, -0.2) is 9.78 Å². The fourth-order valence-electron chi connectivity index (χ4n) is 2.04. The maximum Gasteiger partial charge on any atom is 0.150 e. The predicted octanol–water partition coefficient (Wildman–Crippen LogP) is 3.98. The number of hydrogen-bond acceptors (Lipinski definition) is 2. The first kappa shape index (κ1) is 10.4. The SMILES string of the molecule is Cn1nc(CBr)c2cc(Br)c3occc3c21. The fourth-order valence-corrected chi connectivity index (χ4v) is 2.99. The summed E-state index contributed by atoms with van der Waals surface area (Å²) in [5.74, 6) is 0. The van der Waals surface area contributed by atoms with E-state index in [1.54, 1.807) is 6.26 Å². The summed E-state index contributed by atoms with van der Waals surface area (Å²) in [6.45, 7) is 0. The fraction of sp³-hybridized carbons (Fsp3) is 0.182. The van der Waals surface area contributed by atoms with Gasteiger partial charge in [-0.2, -0.15) is 5.10 Å². The van der Waals surface area contributed by atoms with Gasteiger partial charge in [-0.15, -0.1) is 0 Å². The molecule has 0 saturated carbocycles. The molecule has 0 atom stereocenters. The molecule has 3 rings (SSSR count). The number of aromatic nitrogens is 2. The molecule has 0 unspecified atom stereocenters. The van der Waals surface area contributed by atoms with Crippen molar-refractivity contribution < 1.29 is 4.42 Å². The number of aryl methyl sites for hydroxylation is 1. The van der Waals surface area contributed by atoms with Crippen LogP contribution in [-0.2, 0) is 12.4 Å². The topological polar surface area (TPSA) is 31.0 Å². The zero-order valence-electron chi connectivity index (χ0n) is 8.50. The lowest BCUT2D eigenvalue weighted by Gasteiger charge is -1.98. The first-order valence-corrected chi connectivity index (χ1v) is 6.71. The van der Waals surface area contributed by atoms with Gasteiger partial charge < -0.3 is 4.42 Å². The van der Waals surface area contributed by atoms with Crippen molar-refractivity contribution in [2.45, 2.75) is 5.33 Å². The van der Waals surface area contributed by atoms with Crippen LogP contribution in [0.15, 0.2) is 27.3 Å². The van der Waals surface area contributed by atoms with Crippen molar-refractivity contribution in [3.8, 4) is 0 Å². The normalized spacial score (nSPS) is 11.7. The largest absolute Gasteiger partial charge is 0.463 e. The second-order valence-electron chi connectivity index (χ2n) is 3.62. The van der Waals surface area contributed by atoms with Gasteiger partial charge in [0.15, 0.2) is 0 Å². The number of fused-ring (bicyclic) bond motifs is 3. The van der Waals surface area contributed by atoms with E-state index in [0.717, 1.165) is 37.4 Å². The Kier molecular flexibility index (Phi) is 2.33. The van der Waals surface area contributed by atoms with Gasteiger partial charge in [-0.1, -0.05) is 15.9 Å². The second kappa shape index (κ2) is 3.60. The van der Waals surface area contributed by atoms with Crippen molar-refractivity contribution in [3.05, 3.63) is 28.6 Å². The van der Waals surface area contributed by atoms with Gasteiger partial charge in [-0.3, -0.25) is 4.68 Å². The quantitative estimate of drug-likeness (QED) is 0.626. The highest BCUT2D eigenvalue weighted by Crippen LogP contribution is 2.34. The number of benzene rings is 1. The molecule has 1 aromatic carbocycles. The summed E-state index contributed by atoms with van der Waals surface area (Å²) >= 11 is 6.98. The van der Waals surface area contributed by atoms with Gasteiger partial charge in [0.2, 0.25) is 0 Å². The predicted molar refractivity (Wildman–Crippen MR) is 70.8 cm³/mol. The van der Waals surface area contributed by atoms with E-state index in [1.807, 2.05) is 17.8 Å². The summed E-state index contributed by atoms with van der Waals surface area (Å²) in [5, 5.41) is 7.48. The Labute approximate surface area is 109 Å². The van der Waals surface area contributed by atoms with Gasteiger partial charge >= 0.3 is 0 Å². The Balaban J connectivity index is 2.60. The molecule has 0 N–H and O–H groups in total. The lowest BCUT2D eigenvalue weighted by molar-refractivity contribution is 0.614. The van der Waals surface area contributed by atoms with Crippen molar-refractivity contribution >= 4 is 53.7 Å². The highest BCUT2D eigenvalue weighted by Gasteiger charge is 2.14. The van der Waals surface area contributed by atoms with Crippen molar-refractivity contribution in [3.63, 3.8) is 0 Å². The molecule has 2 heterocycles. The van der Waals surface area contributed by atoms with E-state index in [-0.39, 0.29) is 0 Å². The van der Waals surface area contributed by atoms with Crippen LogP contribution in [0.25, 0.3) is 21.9 Å². The third-order valence-corrected chi connectivity index (χ3v) is 3.82. The van der Waals surface area contributed by atoms with Crippen LogP contribution in [0.5, 0.6) is 0 Å². The summed E-state index contributed by atoms with van der Waals surface area (Å²) in [7, 11) is 1.95. The van der Waals surface area contributed by atoms with E-state index in [0.29, 0.717) is 0 Å². The zero-order valence-corrected chi connectivity index (χ0v) is 11.7. The molecule has 3 nitrogen and oxygen atoms in total. The van der Waals surface area contributed by atoms with E-state index in [1.165, 1.54) is 0 Å². The highest BCUT2D eigenvalue weighted by molar-refractivity contribution is 9.10. The minimum Gasteiger partial charge on any atom is -0.463 e. The van der Waals surface area contributed by atoms with Gasteiger partial charge in [0, 0.05) is 23.2 Å². The molecule has 5 heteroatoms. The van der Waals surface area contributed by atoms with Crippen molar-refractivity contribution in [1.29, 1.82) is 0 Å². The molecule has 16 heavy (non-hydrogen) atoms. The molecule has 0 aliphatic rings. The van der Waals surface area contributed by atoms with Crippen LogP contribution < -0.4 is 0 Å². The summed E-state index contributed by atoms with van der Waals surface area (Å²) < 4.78 is 8.32. The number of furan rings is 1. The Morgan fingerprint density at radius 2 is 2.25 bits per heavy atom. The molecule has 0 bridgehead atoms. The molecule has 0 radical (unpaired) electrons. The number of rotatable bonds is 1. The van der Waals surface area contributed by atoms with Crippen molar-refractivity contribution in [2.24, 2.45) is 7.05 Å².